The number of Topliss-reactive ketones (excluding diaryl/α,β-unsaturated/α-hetero) is 2. The van der Waals surface area contributed by atoms with Gasteiger partial charge in [0, 0.05) is 17.5 Å². The standard InChI is InChI=1S/C24H22F3NO3/c25-24(26,27)22(30)19-14-12-18(13-15-19)21-16-28-23(31-21)20(29)11-7-2-1-4-8-17-9-5-3-6-10-17/h3,5-6,9-10,12-16H,1-2,4,7-8,11H2. The highest BCUT2D eigenvalue weighted by molar-refractivity contribution is 6.00. The highest BCUT2D eigenvalue weighted by atomic mass is 19.4. The van der Waals surface area contributed by atoms with E-state index < -0.39 is 17.5 Å². The largest absolute Gasteiger partial charge is 0.454 e. The van der Waals surface area contributed by atoms with Gasteiger partial charge in [0.2, 0.25) is 5.78 Å². The van der Waals surface area contributed by atoms with E-state index in [4.69, 9.17) is 4.42 Å². The number of ketones is 2. The molecule has 0 N–H and O–H groups in total. The molecule has 31 heavy (non-hydrogen) atoms. The molecule has 0 radical (unpaired) electrons. The van der Waals surface area contributed by atoms with Gasteiger partial charge in [-0.05, 0) is 24.8 Å². The van der Waals surface area contributed by atoms with Crippen LogP contribution in [0.3, 0.4) is 0 Å². The van der Waals surface area contributed by atoms with Crippen LogP contribution in [-0.4, -0.2) is 22.7 Å². The Morgan fingerprint density at radius 1 is 0.871 bits per heavy atom. The quantitative estimate of drug-likeness (QED) is 0.274. The Bertz CT molecular complexity index is 1010. The van der Waals surface area contributed by atoms with Gasteiger partial charge in [0.25, 0.3) is 11.7 Å². The van der Waals surface area contributed by atoms with E-state index in [1.54, 1.807) is 0 Å². The van der Waals surface area contributed by atoms with E-state index in [1.807, 2.05) is 18.2 Å². The molecule has 3 aromatic rings. The second-order valence-electron chi connectivity index (χ2n) is 7.26. The second-order valence-corrected chi connectivity index (χ2v) is 7.26. The van der Waals surface area contributed by atoms with Gasteiger partial charge in [0.1, 0.15) is 0 Å². The van der Waals surface area contributed by atoms with Crippen LogP contribution in [0, 0.1) is 0 Å². The molecule has 0 bridgehead atoms. The number of carbonyl (C=O) groups is 2. The maximum absolute atomic E-state index is 12.5. The number of benzene rings is 2. The predicted molar refractivity (Wildman–Crippen MR) is 110 cm³/mol. The molecule has 0 fully saturated rings. The highest BCUT2D eigenvalue weighted by Gasteiger charge is 2.39. The molecular formula is C24H22F3NO3. The number of unbranched alkanes of at least 4 members (excludes halogenated alkanes) is 3. The van der Waals surface area contributed by atoms with Crippen LogP contribution in [0.25, 0.3) is 11.3 Å². The molecule has 0 saturated carbocycles. The van der Waals surface area contributed by atoms with E-state index in [-0.39, 0.29) is 17.4 Å². The van der Waals surface area contributed by atoms with E-state index in [1.165, 1.54) is 23.9 Å². The van der Waals surface area contributed by atoms with Crippen molar-refractivity contribution in [3.63, 3.8) is 0 Å². The molecule has 1 heterocycles. The van der Waals surface area contributed by atoms with Gasteiger partial charge in [-0.15, -0.1) is 0 Å². The Hall–Kier alpha value is -3.22. The smallest absolute Gasteiger partial charge is 0.434 e. The van der Waals surface area contributed by atoms with Gasteiger partial charge < -0.3 is 4.42 Å². The van der Waals surface area contributed by atoms with Crippen molar-refractivity contribution in [1.82, 2.24) is 4.98 Å². The molecule has 2 aromatic carbocycles. The molecule has 4 nitrogen and oxygen atoms in total. The minimum absolute atomic E-state index is 0.0188. The molecule has 0 aliphatic carbocycles. The monoisotopic (exact) mass is 429 g/mol. The Labute approximate surface area is 178 Å². The summed E-state index contributed by atoms with van der Waals surface area (Å²) in [6.07, 6.45) is 1.54. The third kappa shape index (κ3) is 6.38. The average Bonchev–Trinajstić information content (AvgIpc) is 3.26. The zero-order valence-electron chi connectivity index (χ0n) is 16.8. The fourth-order valence-electron chi connectivity index (χ4n) is 3.21. The van der Waals surface area contributed by atoms with Gasteiger partial charge in [-0.3, -0.25) is 9.59 Å². The molecule has 162 valence electrons. The van der Waals surface area contributed by atoms with Crippen molar-refractivity contribution in [2.24, 2.45) is 0 Å². The summed E-state index contributed by atoms with van der Waals surface area (Å²) >= 11 is 0. The van der Waals surface area contributed by atoms with Crippen molar-refractivity contribution >= 4 is 11.6 Å². The Balaban J connectivity index is 1.45. The number of aromatic nitrogens is 1. The number of carbonyl (C=O) groups excluding carboxylic acids is 2. The van der Waals surface area contributed by atoms with Gasteiger partial charge in [-0.2, -0.15) is 13.2 Å². The van der Waals surface area contributed by atoms with Crippen LogP contribution in [0.4, 0.5) is 13.2 Å². The summed E-state index contributed by atoms with van der Waals surface area (Å²) in [5.41, 5.74) is 1.28. The van der Waals surface area contributed by atoms with Gasteiger partial charge >= 0.3 is 6.18 Å². The lowest BCUT2D eigenvalue weighted by atomic mass is 10.0. The number of halogens is 3. The SMILES string of the molecule is O=C(CCCCCCc1ccccc1)c1ncc(-c2ccc(C(=O)C(F)(F)F)cc2)o1. The summed E-state index contributed by atoms with van der Waals surface area (Å²) in [7, 11) is 0. The fourth-order valence-corrected chi connectivity index (χ4v) is 3.21. The number of oxazole rings is 1. The first-order chi connectivity index (χ1) is 14.8. The second kappa shape index (κ2) is 10.2. The van der Waals surface area contributed by atoms with Crippen LogP contribution in [0.2, 0.25) is 0 Å². The molecular weight excluding hydrogens is 407 g/mol. The highest BCUT2D eigenvalue weighted by Crippen LogP contribution is 2.25. The van der Waals surface area contributed by atoms with Crippen molar-refractivity contribution in [2.45, 2.75) is 44.7 Å². The molecule has 0 aliphatic heterocycles. The van der Waals surface area contributed by atoms with Crippen LogP contribution in [-0.2, 0) is 6.42 Å². The number of hydrogen-bond acceptors (Lipinski definition) is 4. The average molecular weight is 429 g/mol. The number of alkyl halides is 3. The maximum Gasteiger partial charge on any atom is 0.454 e. The van der Waals surface area contributed by atoms with Gasteiger partial charge in [0.05, 0.1) is 6.20 Å². The summed E-state index contributed by atoms with van der Waals surface area (Å²) in [4.78, 5) is 27.5. The Kier molecular flexibility index (Phi) is 7.39. The predicted octanol–water partition coefficient (Wildman–Crippen LogP) is 6.46. The molecule has 0 unspecified atom stereocenters. The topological polar surface area (TPSA) is 60.2 Å². The third-order valence-electron chi connectivity index (χ3n) is 4.90. The summed E-state index contributed by atoms with van der Waals surface area (Å²) in [5, 5.41) is 0. The minimum Gasteiger partial charge on any atom is -0.434 e. The zero-order chi connectivity index (χ0) is 22.3. The number of rotatable bonds is 10. The molecule has 0 atom stereocenters. The molecule has 0 spiro atoms. The first-order valence-corrected chi connectivity index (χ1v) is 10.1. The molecule has 0 amide bonds. The lowest BCUT2D eigenvalue weighted by Crippen LogP contribution is -2.22. The van der Waals surface area contributed by atoms with Gasteiger partial charge in [-0.25, -0.2) is 4.98 Å². The third-order valence-corrected chi connectivity index (χ3v) is 4.90. The lowest BCUT2D eigenvalue weighted by Gasteiger charge is -2.05. The van der Waals surface area contributed by atoms with Gasteiger partial charge in [0.15, 0.2) is 5.76 Å². The van der Waals surface area contributed by atoms with Crippen LogP contribution in [0.1, 0.15) is 58.7 Å². The molecule has 7 heteroatoms. The zero-order valence-corrected chi connectivity index (χ0v) is 16.8. The van der Waals surface area contributed by atoms with Crippen molar-refractivity contribution in [2.75, 3.05) is 0 Å². The van der Waals surface area contributed by atoms with E-state index in [0.29, 0.717) is 12.0 Å². The van der Waals surface area contributed by atoms with E-state index in [2.05, 4.69) is 17.1 Å². The maximum atomic E-state index is 12.5. The van der Waals surface area contributed by atoms with Gasteiger partial charge in [-0.1, -0.05) is 67.4 Å². The van der Waals surface area contributed by atoms with E-state index in [0.717, 1.165) is 44.2 Å². The first-order valence-electron chi connectivity index (χ1n) is 10.1. The van der Waals surface area contributed by atoms with Crippen molar-refractivity contribution < 1.29 is 27.2 Å². The van der Waals surface area contributed by atoms with Crippen LogP contribution in [0.5, 0.6) is 0 Å². The molecule has 0 saturated heterocycles. The van der Waals surface area contributed by atoms with Crippen molar-refractivity contribution in [1.29, 1.82) is 0 Å². The normalized spacial score (nSPS) is 11.5. The summed E-state index contributed by atoms with van der Waals surface area (Å²) in [6, 6.07) is 15.1. The summed E-state index contributed by atoms with van der Waals surface area (Å²) in [5.74, 6) is -1.87. The summed E-state index contributed by atoms with van der Waals surface area (Å²) < 4.78 is 42.9. The Morgan fingerprint density at radius 3 is 2.23 bits per heavy atom. The van der Waals surface area contributed by atoms with Crippen molar-refractivity contribution in [3.8, 4) is 11.3 Å². The van der Waals surface area contributed by atoms with E-state index >= 15 is 0 Å². The van der Waals surface area contributed by atoms with Crippen molar-refractivity contribution in [3.05, 3.63) is 77.8 Å². The first kappa shape index (κ1) is 22.5. The summed E-state index contributed by atoms with van der Waals surface area (Å²) in [6.45, 7) is 0. The van der Waals surface area contributed by atoms with E-state index in [9.17, 15) is 22.8 Å². The molecule has 0 aliphatic rings. The van der Waals surface area contributed by atoms with Crippen LogP contribution < -0.4 is 0 Å². The number of nitrogens with zero attached hydrogens (tertiary/aromatic N) is 1. The number of aryl methyl sites for hydroxylation is 1. The fraction of sp³-hybridized carbons (Fsp3) is 0.292. The van der Waals surface area contributed by atoms with Crippen LogP contribution in [0.15, 0.2) is 65.2 Å². The number of hydrogen-bond donors (Lipinski definition) is 0. The Morgan fingerprint density at radius 2 is 1.55 bits per heavy atom. The lowest BCUT2D eigenvalue weighted by molar-refractivity contribution is -0.0885. The van der Waals surface area contributed by atoms with Crippen LogP contribution >= 0.6 is 0 Å². The molecule has 1 aromatic heterocycles. The molecule has 3 rings (SSSR count). The minimum atomic E-state index is -4.92.